The van der Waals surface area contributed by atoms with Crippen LogP contribution in [0.5, 0.6) is 0 Å². The lowest BCUT2D eigenvalue weighted by Crippen LogP contribution is -2.38. The molecule has 1 aliphatic heterocycles. The summed E-state index contributed by atoms with van der Waals surface area (Å²) in [5.74, 6) is 1.70. The van der Waals surface area contributed by atoms with Crippen LogP contribution < -0.4 is 10.2 Å². The molecule has 152 valence electrons. The summed E-state index contributed by atoms with van der Waals surface area (Å²) in [7, 11) is 0. The van der Waals surface area contributed by atoms with Crippen LogP contribution in [0.25, 0.3) is 5.82 Å². The van der Waals surface area contributed by atoms with Gasteiger partial charge in [-0.2, -0.15) is 5.10 Å². The molecule has 3 aromatic heterocycles. The van der Waals surface area contributed by atoms with Crippen LogP contribution >= 0.6 is 0 Å². The molecule has 0 spiro atoms. The molecule has 1 amide bonds. The third-order valence-electron chi connectivity index (χ3n) is 5.00. The molecular formula is C19H24N8O2. The van der Waals surface area contributed by atoms with Gasteiger partial charge in [0.1, 0.15) is 12.7 Å². The summed E-state index contributed by atoms with van der Waals surface area (Å²) >= 11 is 0. The van der Waals surface area contributed by atoms with Crippen molar-refractivity contribution in [3.05, 3.63) is 36.5 Å². The maximum absolute atomic E-state index is 12.6. The molecule has 4 heterocycles. The average Bonchev–Trinajstić information content (AvgIpc) is 3.40. The van der Waals surface area contributed by atoms with Crippen LogP contribution in [0.3, 0.4) is 0 Å². The Morgan fingerprint density at radius 3 is 2.48 bits per heavy atom. The van der Waals surface area contributed by atoms with E-state index in [0.717, 1.165) is 37.4 Å². The van der Waals surface area contributed by atoms with E-state index >= 15 is 0 Å². The van der Waals surface area contributed by atoms with Crippen LogP contribution in [0.15, 0.2) is 35.4 Å². The predicted octanol–water partition coefficient (Wildman–Crippen LogP) is 2.20. The normalized spacial score (nSPS) is 15.5. The largest absolute Gasteiger partial charge is 0.355 e. The monoisotopic (exact) mass is 396 g/mol. The third kappa shape index (κ3) is 4.25. The standard InChI is InChI=1S/C19H24N8O2/c1-19(2,3)14-10-17(29-25-14)22-18(28)13-6-8-26(9-7-13)15-4-5-16(24-23-15)27-12-20-11-21-27/h4-5,10-13H,6-9H2,1-3H3,(H,22,28). The zero-order valence-corrected chi connectivity index (χ0v) is 16.7. The first kappa shape index (κ1) is 19.0. The van der Waals surface area contributed by atoms with Crippen molar-refractivity contribution in [1.29, 1.82) is 0 Å². The molecular weight excluding hydrogens is 372 g/mol. The van der Waals surface area contributed by atoms with Gasteiger partial charge in [0.05, 0.1) is 5.69 Å². The average molecular weight is 396 g/mol. The molecule has 1 saturated heterocycles. The van der Waals surface area contributed by atoms with Gasteiger partial charge in [-0.3, -0.25) is 10.1 Å². The molecule has 1 fully saturated rings. The Bertz CT molecular complexity index is 951. The number of nitrogens with zero attached hydrogens (tertiary/aromatic N) is 7. The summed E-state index contributed by atoms with van der Waals surface area (Å²) in [6, 6.07) is 5.55. The lowest BCUT2D eigenvalue weighted by atomic mass is 9.92. The van der Waals surface area contributed by atoms with Gasteiger partial charge in [-0.05, 0) is 25.0 Å². The minimum absolute atomic E-state index is 0.0335. The van der Waals surface area contributed by atoms with Gasteiger partial charge in [-0.25, -0.2) is 9.67 Å². The first-order chi connectivity index (χ1) is 13.9. The molecule has 29 heavy (non-hydrogen) atoms. The van der Waals surface area contributed by atoms with Crippen molar-refractivity contribution in [3.63, 3.8) is 0 Å². The van der Waals surface area contributed by atoms with E-state index < -0.39 is 0 Å². The zero-order valence-electron chi connectivity index (χ0n) is 16.7. The van der Waals surface area contributed by atoms with Crippen molar-refractivity contribution in [3.8, 4) is 5.82 Å². The number of hydrogen-bond donors (Lipinski definition) is 1. The number of aromatic nitrogens is 6. The van der Waals surface area contributed by atoms with E-state index in [4.69, 9.17) is 4.52 Å². The molecule has 0 saturated carbocycles. The third-order valence-corrected chi connectivity index (χ3v) is 5.00. The molecule has 1 aliphatic rings. The maximum Gasteiger partial charge on any atom is 0.231 e. The Morgan fingerprint density at radius 1 is 1.17 bits per heavy atom. The van der Waals surface area contributed by atoms with E-state index in [-0.39, 0.29) is 17.2 Å². The van der Waals surface area contributed by atoms with Gasteiger partial charge in [0.2, 0.25) is 11.8 Å². The van der Waals surface area contributed by atoms with Gasteiger partial charge >= 0.3 is 0 Å². The minimum Gasteiger partial charge on any atom is -0.355 e. The molecule has 0 aliphatic carbocycles. The summed E-state index contributed by atoms with van der Waals surface area (Å²) in [5.41, 5.74) is 0.693. The highest BCUT2D eigenvalue weighted by atomic mass is 16.5. The summed E-state index contributed by atoms with van der Waals surface area (Å²) in [4.78, 5) is 18.6. The van der Waals surface area contributed by atoms with Gasteiger partial charge in [0, 0.05) is 30.5 Å². The Balaban J connectivity index is 1.32. The Kier molecular flexibility index (Phi) is 4.99. The molecule has 0 bridgehead atoms. The number of nitrogens with one attached hydrogen (secondary N) is 1. The van der Waals surface area contributed by atoms with Crippen LogP contribution in [0.2, 0.25) is 0 Å². The van der Waals surface area contributed by atoms with Gasteiger partial charge in [0.15, 0.2) is 11.6 Å². The first-order valence-electron chi connectivity index (χ1n) is 9.62. The summed E-state index contributed by atoms with van der Waals surface area (Å²) in [5, 5.41) is 19.4. The Hall–Kier alpha value is -3.30. The number of piperidine rings is 1. The van der Waals surface area contributed by atoms with Crippen molar-refractivity contribution in [2.24, 2.45) is 5.92 Å². The van der Waals surface area contributed by atoms with Gasteiger partial charge in [-0.15, -0.1) is 10.2 Å². The molecule has 0 aromatic carbocycles. The molecule has 4 rings (SSSR count). The number of rotatable bonds is 4. The molecule has 10 nitrogen and oxygen atoms in total. The zero-order chi connectivity index (χ0) is 20.4. The lowest BCUT2D eigenvalue weighted by molar-refractivity contribution is -0.120. The summed E-state index contributed by atoms with van der Waals surface area (Å²) in [6.07, 6.45) is 4.50. The number of carbonyl (C=O) groups excluding carboxylic acids is 1. The highest BCUT2D eigenvalue weighted by Crippen LogP contribution is 2.26. The molecule has 0 unspecified atom stereocenters. The highest BCUT2D eigenvalue weighted by molar-refractivity contribution is 5.91. The number of amides is 1. The van der Waals surface area contributed by atoms with E-state index in [1.165, 1.54) is 6.33 Å². The van der Waals surface area contributed by atoms with Crippen LogP contribution in [0.4, 0.5) is 11.7 Å². The smallest absolute Gasteiger partial charge is 0.231 e. The topological polar surface area (TPSA) is 115 Å². The fourth-order valence-electron chi connectivity index (χ4n) is 3.22. The van der Waals surface area contributed by atoms with Crippen molar-refractivity contribution in [2.75, 3.05) is 23.3 Å². The van der Waals surface area contributed by atoms with E-state index in [1.54, 1.807) is 17.1 Å². The van der Waals surface area contributed by atoms with E-state index in [0.29, 0.717) is 11.7 Å². The SMILES string of the molecule is CC(C)(C)c1cc(NC(=O)C2CCN(c3ccc(-n4cncn4)nn3)CC2)on1. The molecule has 1 N–H and O–H groups in total. The van der Waals surface area contributed by atoms with Gasteiger partial charge < -0.3 is 9.42 Å². The first-order valence-corrected chi connectivity index (χ1v) is 9.62. The highest BCUT2D eigenvalue weighted by Gasteiger charge is 2.27. The fourth-order valence-corrected chi connectivity index (χ4v) is 3.22. The van der Waals surface area contributed by atoms with E-state index in [9.17, 15) is 4.79 Å². The second kappa shape index (κ2) is 7.61. The molecule has 0 atom stereocenters. The number of anilines is 2. The van der Waals surface area contributed by atoms with E-state index in [1.807, 2.05) is 32.9 Å². The lowest BCUT2D eigenvalue weighted by Gasteiger charge is -2.31. The van der Waals surface area contributed by atoms with Crippen LogP contribution in [-0.4, -0.2) is 49.1 Å². The summed E-state index contributed by atoms with van der Waals surface area (Å²) < 4.78 is 6.82. The van der Waals surface area contributed by atoms with Crippen LogP contribution in [-0.2, 0) is 10.2 Å². The Labute approximate surface area is 168 Å². The van der Waals surface area contributed by atoms with Crippen molar-refractivity contribution >= 4 is 17.6 Å². The maximum atomic E-state index is 12.6. The van der Waals surface area contributed by atoms with Crippen molar-refractivity contribution in [1.82, 2.24) is 30.1 Å². The second-order valence-corrected chi connectivity index (χ2v) is 8.17. The predicted molar refractivity (Wildman–Crippen MR) is 106 cm³/mol. The number of hydrogen-bond acceptors (Lipinski definition) is 8. The Morgan fingerprint density at radius 2 is 1.90 bits per heavy atom. The quantitative estimate of drug-likeness (QED) is 0.714. The molecule has 3 aromatic rings. The van der Waals surface area contributed by atoms with E-state index in [2.05, 4.69) is 35.7 Å². The molecule has 10 heteroatoms. The van der Waals surface area contributed by atoms with Crippen LogP contribution in [0.1, 0.15) is 39.3 Å². The summed E-state index contributed by atoms with van der Waals surface area (Å²) in [6.45, 7) is 7.62. The van der Waals surface area contributed by atoms with Gasteiger partial charge in [-0.1, -0.05) is 25.9 Å². The van der Waals surface area contributed by atoms with Crippen LogP contribution in [0, 0.1) is 5.92 Å². The fraction of sp³-hybridized carbons (Fsp3) is 0.474. The second-order valence-electron chi connectivity index (χ2n) is 8.17. The minimum atomic E-state index is -0.123. The van der Waals surface area contributed by atoms with Crippen molar-refractivity contribution < 1.29 is 9.32 Å². The number of carbonyl (C=O) groups is 1. The molecule has 0 radical (unpaired) electrons. The van der Waals surface area contributed by atoms with Gasteiger partial charge in [0.25, 0.3) is 0 Å². The van der Waals surface area contributed by atoms with Crippen molar-refractivity contribution in [2.45, 2.75) is 39.0 Å².